The second-order valence-electron chi connectivity index (χ2n) is 6.15. The van der Waals surface area contributed by atoms with Crippen molar-refractivity contribution in [1.82, 2.24) is 0 Å². The first-order valence-electron chi connectivity index (χ1n) is 8.25. The average Bonchev–Trinajstić information content (AvgIpc) is 2.62. The van der Waals surface area contributed by atoms with Crippen molar-refractivity contribution >= 4 is 34.8 Å². The van der Waals surface area contributed by atoms with Crippen LogP contribution < -0.4 is 10.2 Å². The highest BCUT2D eigenvalue weighted by Crippen LogP contribution is 2.45. The Hall–Kier alpha value is -3.14. The molecule has 0 amide bonds. The molecule has 0 aromatic heterocycles. The van der Waals surface area contributed by atoms with Gasteiger partial charge in [-0.05, 0) is 42.3 Å². The van der Waals surface area contributed by atoms with Crippen LogP contribution in [0.25, 0.3) is 0 Å². The van der Waals surface area contributed by atoms with Crippen LogP contribution in [0.15, 0.2) is 72.5 Å². The molecule has 1 aliphatic rings. The summed E-state index contributed by atoms with van der Waals surface area (Å²) in [5.74, 6) is -0.0231. The van der Waals surface area contributed by atoms with E-state index < -0.39 is 0 Å². The molecule has 0 unspecified atom stereocenters. The molecule has 4 nitrogen and oxygen atoms in total. The van der Waals surface area contributed by atoms with Gasteiger partial charge in [-0.1, -0.05) is 44.2 Å². The molecule has 25 heavy (non-hydrogen) atoms. The predicted octanol–water partition coefficient (Wildman–Crippen LogP) is 4.75. The van der Waals surface area contributed by atoms with Gasteiger partial charge in [-0.2, -0.15) is 0 Å². The fourth-order valence-corrected chi connectivity index (χ4v) is 2.88. The molecule has 1 aliphatic heterocycles. The van der Waals surface area contributed by atoms with Crippen LogP contribution in [-0.4, -0.2) is 12.1 Å². The average molecular weight is 332 g/mol. The third-order valence-corrected chi connectivity index (χ3v) is 3.87. The normalized spacial score (nSPS) is 13.4. The minimum Gasteiger partial charge on any atom is -0.352 e. The molecule has 2 aromatic rings. The second kappa shape index (κ2) is 7.18. The molecule has 0 fully saturated rings. The Balaban J connectivity index is 2.20. The van der Waals surface area contributed by atoms with E-state index in [4.69, 9.17) is 0 Å². The van der Waals surface area contributed by atoms with E-state index in [-0.39, 0.29) is 11.7 Å². The molecule has 0 atom stereocenters. The lowest BCUT2D eigenvalue weighted by Gasteiger charge is -2.34. The van der Waals surface area contributed by atoms with E-state index in [1.165, 1.54) is 12.2 Å². The lowest BCUT2D eigenvalue weighted by molar-refractivity contribution is -0.111. The summed E-state index contributed by atoms with van der Waals surface area (Å²) in [4.78, 5) is 25.4. The molecule has 0 bridgehead atoms. The van der Waals surface area contributed by atoms with Gasteiger partial charge in [0.1, 0.15) is 6.29 Å². The lowest BCUT2D eigenvalue weighted by atomic mass is 10.0. The number of anilines is 4. The van der Waals surface area contributed by atoms with Crippen molar-refractivity contribution in [1.29, 1.82) is 0 Å². The Morgan fingerprint density at radius 3 is 2.08 bits per heavy atom. The van der Waals surface area contributed by atoms with Gasteiger partial charge in [0.2, 0.25) is 5.78 Å². The molecule has 0 radical (unpaired) electrons. The molecular weight excluding hydrogens is 312 g/mol. The number of hydrogen-bond donors (Lipinski definition) is 1. The van der Waals surface area contributed by atoms with Crippen molar-refractivity contribution < 1.29 is 9.59 Å². The SMILES string of the molecule is CC(C)/C=C(\C(=O)/C=C\C=O)N1c2ccccc2Nc2ccccc21. The smallest absolute Gasteiger partial charge is 0.202 e. The van der Waals surface area contributed by atoms with Crippen LogP contribution >= 0.6 is 0 Å². The van der Waals surface area contributed by atoms with E-state index in [0.717, 1.165) is 22.7 Å². The maximum atomic E-state index is 12.8. The number of fused-ring (bicyclic) bond motifs is 2. The number of ketones is 1. The van der Waals surface area contributed by atoms with Gasteiger partial charge < -0.3 is 10.2 Å². The number of carbonyl (C=O) groups excluding carboxylic acids is 2. The number of benzene rings is 2. The second-order valence-corrected chi connectivity index (χ2v) is 6.15. The standard InChI is InChI=1S/C21H20N2O2/c1-15(2)14-20(21(25)12-7-13-24)23-18-10-5-3-8-16(18)22-17-9-4-6-11-19(17)23/h3-15,22H,1-2H3/b12-7-,20-14+. The maximum absolute atomic E-state index is 12.8. The molecule has 4 heteroatoms. The van der Waals surface area contributed by atoms with Gasteiger partial charge in [-0.15, -0.1) is 0 Å². The summed E-state index contributed by atoms with van der Waals surface area (Å²) in [5.41, 5.74) is 4.21. The van der Waals surface area contributed by atoms with Crippen LogP contribution in [-0.2, 0) is 9.59 Å². The van der Waals surface area contributed by atoms with Crippen LogP contribution in [0.5, 0.6) is 0 Å². The summed E-state index contributed by atoms with van der Waals surface area (Å²) < 4.78 is 0. The largest absolute Gasteiger partial charge is 0.352 e. The van der Waals surface area contributed by atoms with Crippen LogP contribution in [0.3, 0.4) is 0 Å². The Morgan fingerprint density at radius 2 is 1.56 bits per heavy atom. The van der Waals surface area contributed by atoms with Crippen LogP contribution in [0.4, 0.5) is 22.7 Å². The molecule has 2 aromatic carbocycles. The number of aldehydes is 1. The number of carbonyl (C=O) groups is 2. The van der Waals surface area contributed by atoms with Gasteiger partial charge in [0.25, 0.3) is 0 Å². The van der Waals surface area contributed by atoms with Crippen molar-refractivity contribution in [2.75, 3.05) is 10.2 Å². The minimum atomic E-state index is -0.202. The molecule has 126 valence electrons. The Bertz CT molecular complexity index is 820. The predicted molar refractivity (Wildman–Crippen MR) is 101 cm³/mol. The summed E-state index contributed by atoms with van der Waals surface area (Å²) in [6.07, 6.45) is 5.09. The molecule has 0 aliphatic carbocycles. The molecule has 1 heterocycles. The van der Waals surface area contributed by atoms with E-state index in [9.17, 15) is 9.59 Å². The fraction of sp³-hybridized carbons (Fsp3) is 0.143. The first-order valence-corrected chi connectivity index (χ1v) is 8.25. The number of nitrogens with zero attached hydrogens (tertiary/aromatic N) is 1. The van der Waals surface area contributed by atoms with Crippen molar-refractivity contribution in [3.63, 3.8) is 0 Å². The molecule has 1 N–H and O–H groups in total. The zero-order chi connectivity index (χ0) is 17.8. The van der Waals surface area contributed by atoms with E-state index >= 15 is 0 Å². The lowest BCUT2D eigenvalue weighted by Crippen LogP contribution is -2.26. The highest BCUT2D eigenvalue weighted by Gasteiger charge is 2.27. The highest BCUT2D eigenvalue weighted by molar-refractivity contribution is 6.11. The Kier molecular flexibility index (Phi) is 4.80. The van der Waals surface area contributed by atoms with Crippen molar-refractivity contribution in [2.45, 2.75) is 13.8 Å². The monoisotopic (exact) mass is 332 g/mol. The number of rotatable bonds is 5. The van der Waals surface area contributed by atoms with Crippen LogP contribution in [0, 0.1) is 5.92 Å². The topological polar surface area (TPSA) is 49.4 Å². The van der Waals surface area contributed by atoms with Crippen molar-refractivity contribution in [3.8, 4) is 0 Å². The van der Waals surface area contributed by atoms with Gasteiger partial charge in [0.05, 0.1) is 28.4 Å². The molecule has 0 saturated carbocycles. The summed E-state index contributed by atoms with van der Waals surface area (Å²) in [5, 5.41) is 3.41. The third-order valence-electron chi connectivity index (χ3n) is 3.87. The third kappa shape index (κ3) is 3.38. The van der Waals surface area contributed by atoms with E-state index in [1.807, 2.05) is 73.4 Å². The molecular formula is C21H20N2O2. The molecule has 0 saturated heterocycles. The minimum absolute atomic E-state index is 0.179. The summed E-state index contributed by atoms with van der Waals surface area (Å²) in [7, 11) is 0. The number of hydrogen-bond acceptors (Lipinski definition) is 4. The molecule has 0 spiro atoms. The first kappa shape index (κ1) is 16.7. The van der Waals surface area contributed by atoms with Crippen molar-refractivity contribution in [3.05, 3.63) is 72.5 Å². The number of nitrogens with one attached hydrogen (secondary N) is 1. The van der Waals surface area contributed by atoms with Gasteiger partial charge in [-0.3, -0.25) is 9.59 Å². The maximum Gasteiger partial charge on any atom is 0.202 e. The first-order chi connectivity index (χ1) is 12.1. The molecule has 3 rings (SSSR count). The zero-order valence-corrected chi connectivity index (χ0v) is 14.3. The Labute approximate surface area is 147 Å². The Morgan fingerprint density at radius 1 is 1.00 bits per heavy atom. The fourth-order valence-electron chi connectivity index (χ4n) is 2.88. The van der Waals surface area contributed by atoms with Gasteiger partial charge in [0.15, 0.2) is 0 Å². The van der Waals surface area contributed by atoms with Gasteiger partial charge in [-0.25, -0.2) is 0 Å². The van der Waals surface area contributed by atoms with E-state index in [2.05, 4.69) is 5.32 Å². The van der Waals surface area contributed by atoms with Crippen molar-refractivity contribution in [2.24, 2.45) is 5.92 Å². The van der Waals surface area contributed by atoms with E-state index in [1.54, 1.807) is 0 Å². The summed E-state index contributed by atoms with van der Waals surface area (Å²) in [6.45, 7) is 4.05. The van der Waals surface area contributed by atoms with E-state index in [0.29, 0.717) is 12.0 Å². The summed E-state index contributed by atoms with van der Waals surface area (Å²) in [6, 6.07) is 15.7. The van der Waals surface area contributed by atoms with Gasteiger partial charge >= 0.3 is 0 Å². The highest BCUT2D eigenvalue weighted by atomic mass is 16.1. The van der Waals surface area contributed by atoms with Crippen LogP contribution in [0.1, 0.15) is 13.8 Å². The summed E-state index contributed by atoms with van der Waals surface area (Å²) >= 11 is 0. The number of para-hydroxylation sites is 4. The number of allylic oxidation sites excluding steroid dienone is 3. The van der Waals surface area contributed by atoms with Crippen LogP contribution in [0.2, 0.25) is 0 Å². The quantitative estimate of drug-likeness (QED) is 0.634. The zero-order valence-electron chi connectivity index (χ0n) is 14.3. The van der Waals surface area contributed by atoms with Gasteiger partial charge in [0, 0.05) is 0 Å².